The molecule has 1 aromatic heterocycles. The Morgan fingerprint density at radius 2 is 2.29 bits per heavy atom. The lowest BCUT2D eigenvalue weighted by Crippen LogP contribution is -1.83. The maximum Gasteiger partial charge on any atom is 0.0460 e. The lowest BCUT2D eigenvalue weighted by molar-refractivity contribution is 0.747. The molecule has 72 valence electrons. The lowest BCUT2D eigenvalue weighted by atomic mass is 10.0. The van der Waals surface area contributed by atoms with E-state index in [9.17, 15) is 0 Å². The van der Waals surface area contributed by atoms with E-state index in [1.807, 2.05) is 6.07 Å². The molecule has 3 rings (SSSR count). The monoisotopic (exact) mass is 205 g/mol. The number of aromatic amines is 1. The van der Waals surface area contributed by atoms with Crippen molar-refractivity contribution in [3.05, 3.63) is 34.5 Å². The summed E-state index contributed by atoms with van der Waals surface area (Å²) in [7, 11) is 0. The topological polar surface area (TPSA) is 15.8 Å². The first-order chi connectivity index (χ1) is 6.75. The second-order valence-electron chi connectivity index (χ2n) is 4.15. The van der Waals surface area contributed by atoms with Crippen LogP contribution >= 0.6 is 11.6 Å². The molecule has 14 heavy (non-hydrogen) atoms. The molecular weight excluding hydrogens is 194 g/mol. The van der Waals surface area contributed by atoms with Gasteiger partial charge in [-0.25, -0.2) is 0 Å². The Morgan fingerprint density at radius 1 is 1.43 bits per heavy atom. The van der Waals surface area contributed by atoms with E-state index in [2.05, 4.69) is 24.0 Å². The molecule has 0 fully saturated rings. The van der Waals surface area contributed by atoms with Gasteiger partial charge in [0.1, 0.15) is 0 Å². The van der Waals surface area contributed by atoms with Gasteiger partial charge in [-0.2, -0.15) is 0 Å². The van der Waals surface area contributed by atoms with Crippen LogP contribution in [-0.4, -0.2) is 4.98 Å². The van der Waals surface area contributed by atoms with E-state index in [1.165, 1.54) is 35.0 Å². The van der Waals surface area contributed by atoms with Crippen LogP contribution in [0.1, 0.15) is 30.5 Å². The minimum absolute atomic E-state index is 0.678. The molecule has 1 N–H and O–H groups in total. The normalized spacial score (nSPS) is 20.3. The largest absolute Gasteiger partial charge is 0.358 e. The van der Waals surface area contributed by atoms with E-state index in [0.717, 1.165) is 5.02 Å². The van der Waals surface area contributed by atoms with Crippen molar-refractivity contribution in [2.75, 3.05) is 0 Å². The molecule has 1 aromatic carbocycles. The summed E-state index contributed by atoms with van der Waals surface area (Å²) in [6, 6.07) is 6.09. The Morgan fingerprint density at radius 3 is 3.14 bits per heavy atom. The van der Waals surface area contributed by atoms with Crippen LogP contribution in [0.2, 0.25) is 5.02 Å². The van der Waals surface area contributed by atoms with Crippen LogP contribution in [-0.2, 0) is 6.42 Å². The summed E-state index contributed by atoms with van der Waals surface area (Å²) < 4.78 is 0. The van der Waals surface area contributed by atoms with E-state index in [1.54, 1.807) is 0 Å². The van der Waals surface area contributed by atoms with Gasteiger partial charge in [0.2, 0.25) is 0 Å². The number of aryl methyl sites for hydroxylation is 1. The molecule has 1 aliphatic carbocycles. The molecule has 0 radical (unpaired) electrons. The molecule has 1 aliphatic rings. The quantitative estimate of drug-likeness (QED) is 0.672. The Labute approximate surface area is 88.1 Å². The van der Waals surface area contributed by atoms with Gasteiger partial charge >= 0.3 is 0 Å². The van der Waals surface area contributed by atoms with Gasteiger partial charge in [-0.15, -0.1) is 0 Å². The van der Waals surface area contributed by atoms with Crippen molar-refractivity contribution < 1.29 is 0 Å². The van der Waals surface area contributed by atoms with E-state index in [0.29, 0.717) is 5.92 Å². The van der Waals surface area contributed by atoms with Crippen LogP contribution in [0.3, 0.4) is 0 Å². The highest BCUT2D eigenvalue weighted by Crippen LogP contribution is 2.38. The van der Waals surface area contributed by atoms with Gasteiger partial charge in [-0.1, -0.05) is 18.5 Å². The van der Waals surface area contributed by atoms with Gasteiger partial charge in [-0.05, 0) is 42.5 Å². The summed E-state index contributed by atoms with van der Waals surface area (Å²) in [4.78, 5) is 3.48. The van der Waals surface area contributed by atoms with Crippen molar-refractivity contribution in [2.24, 2.45) is 0 Å². The lowest BCUT2D eigenvalue weighted by Gasteiger charge is -2.02. The van der Waals surface area contributed by atoms with E-state index in [4.69, 9.17) is 11.6 Å². The minimum atomic E-state index is 0.678. The van der Waals surface area contributed by atoms with Crippen molar-refractivity contribution in [1.82, 2.24) is 4.98 Å². The van der Waals surface area contributed by atoms with E-state index < -0.39 is 0 Å². The second kappa shape index (κ2) is 2.77. The standard InChI is InChI=1S/C12H12ClN/c1-7-2-4-11-12(7)9-6-8(13)3-5-10(9)14-11/h3,5-7,14H,2,4H2,1H3/t7-/m0/s1. The van der Waals surface area contributed by atoms with Crippen molar-refractivity contribution in [3.8, 4) is 0 Å². The van der Waals surface area contributed by atoms with Gasteiger partial charge in [0.15, 0.2) is 0 Å². The molecule has 0 bridgehead atoms. The Hall–Kier alpha value is -0.950. The molecule has 2 aromatic rings. The summed E-state index contributed by atoms with van der Waals surface area (Å²) in [5.74, 6) is 0.678. The van der Waals surface area contributed by atoms with Crippen LogP contribution in [0.15, 0.2) is 18.2 Å². The maximum atomic E-state index is 6.01. The predicted octanol–water partition coefficient (Wildman–Crippen LogP) is 3.87. The van der Waals surface area contributed by atoms with Crippen LogP contribution in [0, 0.1) is 0 Å². The van der Waals surface area contributed by atoms with Gasteiger partial charge in [0, 0.05) is 21.6 Å². The Balaban J connectivity index is 2.38. The highest BCUT2D eigenvalue weighted by Gasteiger charge is 2.23. The van der Waals surface area contributed by atoms with Crippen LogP contribution < -0.4 is 0 Å². The zero-order chi connectivity index (χ0) is 9.71. The first-order valence-corrected chi connectivity index (χ1v) is 5.43. The number of rotatable bonds is 0. The third-order valence-corrected chi connectivity index (χ3v) is 3.44. The van der Waals surface area contributed by atoms with Crippen molar-refractivity contribution in [1.29, 1.82) is 0 Å². The molecular formula is C12H12ClN. The van der Waals surface area contributed by atoms with E-state index >= 15 is 0 Å². The average Bonchev–Trinajstić information content (AvgIpc) is 2.67. The van der Waals surface area contributed by atoms with E-state index in [-0.39, 0.29) is 0 Å². The van der Waals surface area contributed by atoms with Crippen molar-refractivity contribution >= 4 is 22.5 Å². The third-order valence-electron chi connectivity index (χ3n) is 3.20. The summed E-state index contributed by atoms with van der Waals surface area (Å²) in [6.45, 7) is 2.29. The van der Waals surface area contributed by atoms with Gasteiger partial charge in [0.25, 0.3) is 0 Å². The number of aromatic nitrogens is 1. The fourth-order valence-corrected chi connectivity index (χ4v) is 2.68. The number of fused-ring (bicyclic) bond motifs is 3. The van der Waals surface area contributed by atoms with Crippen LogP contribution in [0.5, 0.6) is 0 Å². The minimum Gasteiger partial charge on any atom is -0.358 e. The smallest absolute Gasteiger partial charge is 0.0460 e. The molecule has 0 saturated carbocycles. The highest BCUT2D eigenvalue weighted by atomic mass is 35.5. The zero-order valence-electron chi connectivity index (χ0n) is 8.10. The molecule has 0 unspecified atom stereocenters. The Bertz CT molecular complexity index is 498. The molecule has 0 saturated heterocycles. The first kappa shape index (κ1) is 8.37. The van der Waals surface area contributed by atoms with Crippen LogP contribution in [0.25, 0.3) is 10.9 Å². The highest BCUT2D eigenvalue weighted by molar-refractivity contribution is 6.31. The van der Waals surface area contributed by atoms with Gasteiger partial charge < -0.3 is 4.98 Å². The molecule has 0 spiro atoms. The number of halogens is 1. The second-order valence-corrected chi connectivity index (χ2v) is 4.58. The summed E-state index contributed by atoms with van der Waals surface area (Å²) >= 11 is 6.01. The molecule has 1 heterocycles. The number of hydrogen-bond donors (Lipinski definition) is 1. The molecule has 0 amide bonds. The van der Waals surface area contributed by atoms with Crippen molar-refractivity contribution in [3.63, 3.8) is 0 Å². The molecule has 1 nitrogen and oxygen atoms in total. The maximum absolute atomic E-state index is 6.01. The van der Waals surface area contributed by atoms with Crippen molar-refractivity contribution in [2.45, 2.75) is 25.7 Å². The summed E-state index contributed by atoms with van der Waals surface area (Å²) in [5, 5.41) is 2.15. The molecule has 0 aliphatic heterocycles. The fraction of sp³-hybridized carbons (Fsp3) is 0.333. The number of benzene rings is 1. The van der Waals surface area contributed by atoms with Crippen LogP contribution in [0.4, 0.5) is 0 Å². The number of hydrogen-bond acceptors (Lipinski definition) is 0. The van der Waals surface area contributed by atoms with Gasteiger partial charge in [-0.3, -0.25) is 0 Å². The third kappa shape index (κ3) is 1.02. The summed E-state index contributed by atoms with van der Waals surface area (Å²) in [5.41, 5.74) is 4.13. The number of H-pyrrole nitrogens is 1. The zero-order valence-corrected chi connectivity index (χ0v) is 8.86. The fourth-order valence-electron chi connectivity index (χ4n) is 2.51. The Kier molecular flexibility index (Phi) is 1.65. The SMILES string of the molecule is C[C@H]1CCc2[nH]c3ccc(Cl)cc3c21. The summed E-state index contributed by atoms with van der Waals surface area (Å²) in [6.07, 6.45) is 2.45. The predicted molar refractivity (Wildman–Crippen MR) is 60.0 cm³/mol. The number of nitrogens with one attached hydrogen (secondary N) is 1. The first-order valence-electron chi connectivity index (χ1n) is 5.05. The molecule has 2 heteroatoms. The average molecular weight is 206 g/mol. The van der Waals surface area contributed by atoms with Gasteiger partial charge in [0.05, 0.1) is 0 Å². The molecule has 1 atom stereocenters.